The highest BCUT2D eigenvalue weighted by Crippen LogP contribution is 2.27. The summed E-state index contributed by atoms with van der Waals surface area (Å²) >= 11 is 0. The van der Waals surface area contributed by atoms with Crippen LogP contribution in [0, 0.1) is 0 Å². The summed E-state index contributed by atoms with van der Waals surface area (Å²) in [5.74, 6) is 0.498. The van der Waals surface area contributed by atoms with Crippen LogP contribution in [0.4, 0.5) is 0 Å². The molecule has 1 aromatic carbocycles. The van der Waals surface area contributed by atoms with E-state index >= 15 is 0 Å². The molecule has 1 aliphatic rings. The maximum atomic E-state index is 13.3. The third-order valence-corrected chi connectivity index (χ3v) is 5.48. The second-order valence-corrected chi connectivity index (χ2v) is 7.88. The summed E-state index contributed by atoms with van der Waals surface area (Å²) < 4.78 is 7.47. The molecule has 1 aliphatic carbocycles. The molecule has 6 nitrogen and oxygen atoms in total. The Kier molecular flexibility index (Phi) is 6.36. The second kappa shape index (κ2) is 9.51. The normalized spacial score (nSPS) is 13.5. The van der Waals surface area contributed by atoms with Gasteiger partial charge in [0.05, 0.1) is 19.4 Å². The zero-order valence-corrected chi connectivity index (χ0v) is 17.7. The Bertz CT molecular complexity index is 1030. The lowest BCUT2D eigenvalue weighted by Crippen LogP contribution is -2.43. The Morgan fingerprint density at radius 1 is 1.06 bits per heavy atom. The number of carbonyl (C=O) groups is 2. The number of rotatable bonds is 9. The minimum absolute atomic E-state index is 0.0633. The van der Waals surface area contributed by atoms with Crippen molar-refractivity contribution in [3.05, 3.63) is 90.2 Å². The highest BCUT2D eigenvalue weighted by Gasteiger charge is 2.34. The van der Waals surface area contributed by atoms with Crippen LogP contribution in [0.25, 0.3) is 6.08 Å². The first-order valence-electron chi connectivity index (χ1n) is 10.5. The van der Waals surface area contributed by atoms with Crippen molar-refractivity contribution < 1.29 is 14.0 Å². The molecule has 3 aromatic rings. The molecule has 160 valence electrons. The first kappa shape index (κ1) is 20.7. The lowest BCUT2D eigenvalue weighted by molar-refractivity contribution is -0.139. The third kappa shape index (κ3) is 5.54. The first-order valence-corrected chi connectivity index (χ1v) is 10.5. The number of carbonyl (C=O) groups excluding carboxylic acids is 2. The molecule has 0 N–H and O–H groups in total. The van der Waals surface area contributed by atoms with E-state index in [0.717, 1.165) is 29.9 Å². The molecular formula is C25H27N3O3. The van der Waals surface area contributed by atoms with Gasteiger partial charge in [-0.25, -0.2) is 0 Å². The summed E-state index contributed by atoms with van der Waals surface area (Å²) in [6.45, 7) is 0.882. The lowest BCUT2D eigenvalue weighted by Gasteiger charge is -2.27. The van der Waals surface area contributed by atoms with Gasteiger partial charge in [-0.15, -0.1) is 0 Å². The van der Waals surface area contributed by atoms with Gasteiger partial charge >= 0.3 is 0 Å². The first-order chi connectivity index (χ1) is 15.1. The van der Waals surface area contributed by atoms with E-state index in [2.05, 4.69) is 0 Å². The summed E-state index contributed by atoms with van der Waals surface area (Å²) in [4.78, 5) is 29.6. The Morgan fingerprint density at radius 3 is 2.52 bits per heavy atom. The van der Waals surface area contributed by atoms with Crippen molar-refractivity contribution in [1.29, 1.82) is 0 Å². The molecule has 0 spiro atoms. The minimum atomic E-state index is -0.128. The number of aromatic nitrogens is 1. The fraction of sp³-hybridized carbons (Fsp3) is 0.280. The van der Waals surface area contributed by atoms with Crippen molar-refractivity contribution in [1.82, 2.24) is 14.4 Å². The fourth-order valence-corrected chi connectivity index (χ4v) is 3.53. The van der Waals surface area contributed by atoms with Gasteiger partial charge in [0.25, 0.3) is 0 Å². The van der Waals surface area contributed by atoms with Gasteiger partial charge < -0.3 is 18.8 Å². The molecule has 31 heavy (non-hydrogen) atoms. The largest absolute Gasteiger partial charge is 0.467 e. The number of nitrogens with zero attached hydrogens (tertiary/aromatic N) is 3. The average Bonchev–Trinajstić information content (AvgIpc) is 3.34. The van der Waals surface area contributed by atoms with Gasteiger partial charge in [0.2, 0.25) is 11.8 Å². The molecule has 0 saturated heterocycles. The molecule has 1 fully saturated rings. The van der Waals surface area contributed by atoms with Crippen molar-refractivity contribution in [2.24, 2.45) is 7.05 Å². The van der Waals surface area contributed by atoms with E-state index in [-0.39, 0.29) is 24.4 Å². The van der Waals surface area contributed by atoms with E-state index in [1.54, 1.807) is 28.2 Å². The smallest absolute Gasteiger partial charge is 0.247 e. The monoisotopic (exact) mass is 417 g/mol. The van der Waals surface area contributed by atoms with Gasteiger partial charge in [-0.3, -0.25) is 9.59 Å². The summed E-state index contributed by atoms with van der Waals surface area (Å²) in [6.07, 6.45) is 8.80. The molecule has 4 rings (SSSR count). The molecule has 0 aliphatic heterocycles. The van der Waals surface area contributed by atoms with E-state index in [1.165, 1.54) is 0 Å². The molecular weight excluding hydrogens is 390 g/mol. The van der Waals surface area contributed by atoms with Crippen LogP contribution in [0.5, 0.6) is 0 Å². The Balaban J connectivity index is 1.47. The number of hydrogen-bond acceptors (Lipinski definition) is 3. The van der Waals surface area contributed by atoms with Crippen molar-refractivity contribution in [3.8, 4) is 0 Å². The van der Waals surface area contributed by atoms with E-state index in [9.17, 15) is 9.59 Å². The van der Waals surface area contributed by atoms with Gasteiger partial charge in [-0.05, 0) is 48.7 Å². The Labute approximate surface area is 182 Å². The predicted octanol–water partition coefficient (Wildman–Crippen LogP) is 3.85. The molecule has 2 amide bonds. The molecule has 1 saturated carbocycles. The van der Waals surface area contributed by atoms with Crippen molar-refractivity contribution in [2.45, 2.75) is 32.0 Å². The lowest BCUT2D eigenvalue weighted by atomic mass is 10.2. The van der Waals surface area contributed by atoms with Crippen molar-refractivity contribution in [2.75, 3.05) is 6.54 Å². The fourth-order valence-electron chi connectivity index (χ4n) is 3.53. The summed E-state index contributed by atoms with van der Waals surface area (Å²) in [6, 6.07) is 17.5. The van der Waals surface area contributed by atoms with E-state index < -0.39 is 0 Å². The maximum absolute atomic E-state index is 13.3. The molecule has 0 atom stereocenters. The van der Waals surface area contributed by atoms with Crippen LogP contribution in [0.3, 0.4) is 0 Å². The van der Waals surface area contributed by atoms with Crippen LogP contribution in [-0.4, -0.2) is 38.8 Å². The quantitative estimate of drug-likeness (QED) is 0.497. The Morgan fingerprint density at radius 2 is 1.87 bits per heavy atom. The SMILES string of the molecule is Cn1cccc1CN(Cc1ccco1)C(=O)CN(C(=O)/C=C/c1ccccc1)C1CC1. The number of amides is 2. The highest BCUT2D eigenvalue weighted by molar-refractivity contribution is 5.94. The van der Waals surface area contributed by atoms with Crippen LogP contribution < -0.4 is 0 Å². The molecule has 0 bridgehead atoms. The maximum Gasteiger partial charge on any atom is 0.247 e. The summed E-state index contributed by atoms with van der Waals surface area (Å²) in [5.41, 5.74) is 1.98. The molecule has 0 unspecified atom stereocenters. The van der Waals surface area contributed by atoms with Crippen LogP contribution >= 0.6 is 0 Å². The number of aryl methyl sites for hydroxylation is 1. The van der Waals surface area contributed by atoms with Gasteiger partial charge in [-0.1, -0.05) is 30.3 Å². The number of benzene rings is 1. The zero-order valence-electron chi connectivity index (χ0n) is 17.7. The van der Waals surface area contributed by atoms with Gasteiger partial charge in [-0.2, -0.15) is 0 Å². The van der Waals surface area contributed by atoms with Gasteiger partial charge in [0.15, 0.2) is 0 Å². The van der Waals surface area contributed by atoms with Crippen LogP contribution in [0.2, 0.25) is 0 Å². The molecule has 6 heteroatoms. The number of hydrogen-bond donors (Lipinski definition) is 0. The van der Waals surface area contributed by atoms with E-state index in [4.69, 9.17) is 4.42 Å². The Hall–Kier alpha value is -3.54. The van der Waals surface area contributed by atoms with Crippen molar-refractivity contribution in [3.63, 3.8) is 0 Å². The second-order valence-electron chi connectivity index (χ2n) is 7.88. The van der Waals surface area contributed by atoms with Crippen LogP contribution in [-0.2, 0) is 29.7 Å². The van der Waals surface area contributed by atoms with Crippen LogP contribution in [0.15, 0.2) is 77.6 Å². The topological polar surface area (TPSA) is 58.7 Å². The predicted molar refractivity (Wildman–Crippen MR) is 119 cm³/mol. The number of furan rings is 1. The minimum Gasteiger partial charge on any atom is -0.467 e. The van der Waals surface area contributed by atoms with E-state index in [1.807, 2.05) is 72.4 Å². The summed E-state index contributed by atoms with van der Waals surface area (Å²) in [7, 11) is 1.96. The zero-order chi connectivity index (χ0) is 21.6. The van der Waals surface area contributed by atoms with Gasteiger partial charge in [0.1, 0.15) is 12.3 Å². The van der Waals surface area contributed by atoms with Crippen molar-refractivity contribution >= 4 is 17.9 Å². The van der Waals surface area contributed by atoms with E-state index in [0.29, 0.717) is 13.1 Å². The molecule has 2 heterocycles. The molecule has 0 radical (unpaired) electrons. The summed E-state index contributed by atoms with van der Waals surface area (Å²) in [5, 5.41) is 0. The third-order valence-electron chi connectivity index (χ3n) is 5.48. The molecule has 2 aromatic heterocycles. The average molecular weight is 418 g/mol. The standard InChI is InChI=1S/C25H27N3O3/c1-26-15-5-9-22(26)17-27(18-23-10-6-16-31-23)25(30)19-28(21-12-13-21)24(29)14-11-20-7-3-2-4-8-20/h2-11,14-16,21H,12-13,17-19H2,1H3/b14-11+. The van der Waals surface area contributed by atoms with Gasteiger partial charge in [0, 0.05) is 31.1 Å². The van der Waals surface area contributed by atoms with Crippen LogP contribution in [0.1, 0.15) is 29.9 Å². The highest BCUT2D eigenvalue weighted by atomic mass is 16.3.